The van der Waals surface area contributed by atoms with Gasteiger partial charge in [0.25, 0.3) is 0 Å². The average Bonchev–Trinajstić information content (AvgIpc) is 3.34. The summed E-state index contributed by atoms with van der Waals surface area (Å²) in [5.74, 6) is 2.12. The Morgan fingerprint density at radius 3 is 2.96 bits per heavy atom. The van der Waals surface area contributed by atoms with Crippen LogP contribution in [0.3, 0.4) is 0 Å². The highest BCUT2D eigenvalue weighted by Gasteiger charge is 2.45. The number of fused-ring (bicyclic) bond motifs is 2. The SMILES string of the molecule is Cl.O=C(C1NNC2CCNCC21)N1CCCC1c1cccc2c1OCCO2. The zero-order valence-electron chi connectivity index (χ0n) is 15.3. The minimum Gasteiger partial charge on any atom is -0.486 e. The van der Waals surface area contributed by atoms with Crippen molar-refractivity contribution in [2.24, 2.45) is 5.92 Å². The maximum absolute atomic E-state index is 13.4. The molecule has 4 heterocycles. The minimum absolute atomic E-state index is 0. The molecular formula is C19H27ClN4O3. The summed E-state index contributed by atoms with van der Waals surface area (Å²) in [7, 11) is 0. The van der Waals surface area contributed by atoms with Gasteiger partial charge in [-0.05, 0) is 31.9 Å². The maximum Gasteiger partial charge on any atom is 0.241 e. The zero-order chi connectivity index (χ0) is 17.5. The van der Waals surface area contributed by atoms with Crippen LogP contribution in [0.1, 0.15) is 30.9 Å². The topological polar surface area (TPSA) is 74.9 Å². The van der Waals surface area contributed by atoms with E-state index in [0.717, 1.165) is 56.0 Å². The van der Waals surface area contributed by atoms with E-state index in [9.17, 15) is 4.79 Å². The molecule has 4 unspecified atom stereocenters. The molecule has 0 saturated carbocycles. The molecule has 3 fully saturated rings. The van der Waals surface area contributed by atoms with Gasteiger partial charge in [-0.3, -0.25) is 10.2 Å². The van der Waals surface area contributed by atoms with Gasteiger partial charge in [-0.2, -0.15) is 0 Å². The van der Waals surface area contributed by atoms with Gasteiger partial charge in [0.2, 0.25) is 5.91 Å². The number of carbonyl (C=O) groups excluding carboxylic acids is 1. The second-order valence-electron chi connectivity index (χ2n) is 7.59. The van der Waals surface area contributed by atoms with E-state index >= 15 is 0 Å². The number of benzene rings is 1. The molecule has 0 aromatic heterocycles. The van der Waals surface area contributed by atoms with E-state index in [1.54, 1.807) is 0 Å². The molecule has 148 valence electrons. The fraction of sp³-hybridized carbons (Fsp3) is 0.632. The molecule has 4 aliphatic rings. The predicted molar refractivity (Wildman–Crippen MR) is 103 cm³/mol. The number of hydrogen-bond acceptors (Lipinski definition) is 6. The van der Waals surface area contributed by atoms with Crippen molar-refractivity contribution in [1.29, 1.82) is 0 Å². The Kier molecular flexibility index (Phi) is 5.45. The Morgan fingerprint density at radius 1 is 1.15 bits per heavy atom. The van der Waals surface area contributed by atoms with Gasteiger partial charge in [0.15, 0.2) is 11.5 Å². The van der Waals surface area contributed by atoms with Crippen LogP contribution >= 0.6 is 12.4 Å². The van der Waals surface area contributed by atoms with E-state index in [1.807, 2.05) is 17.0 Å². The third-order valence-corrected chi connectivity index (χ3v) is 6.14. The number of nitrogens with zero attached hydrogens (tertiary/aromatic N) is 1. The Bertz CT molecular complexity index is 704. The smallest absolute Gasteiger partial charge is 0.241 e. The zero-order valence-corrected chi connectivity index (χ0v) is 16.1. The fourth-order valence-electron chi connectivity index (χ4n) is 4.85. The summed E-state index contributed by atoms with van der Waals surface area (Å²) in [5, 5.41) is 3.43. The molecule has 1 amide bonds. The van der Waals surface area contributed by atoms with Crippen LogP contribution in [-0.4, -0.2) is 55.7 Å². The molecule has 4 aliphatic heterocycles. The summed E-state index contributed by atoms with van der Waals surface area (Å²) < 4.78 is 11.6. The molecular weight excluding hydrogens is 368 g/mol. The number of halogens is 1. The van der Waals surface area contributed by atoms with Gasteiger partial charge >= 0.3 is 0 Å². The number of ether oxygens (including phenoxy) is 2. The molecule has 0 spiro atoms. The average molecular weight is 395 g/mol. The van der Waals surface area contributed by atoms with Gasteiger partial charge in [-0.25, -0.2) is 5.43 Å². The molecule has 0 aliphatic carbocycles. The molecule has 3 saturated heterocycles. The number of piperidine rings is 1. The van der Waals surface area contributed by atoms with E-state index < -0.39 is 0 Å². The van der Waals surface area contributed by atoms with Gasteiger partial charge in [-0.15, -0.1) is 12.4 Å². The number of rotatable bonds is 2. The quantitative estimate of drug-likeness (QED) is 0.695. The summed E-state index contributed by atoms with van der Waals surface area (Å²) in [5.41, 5.74) is 7.69. The number of amides is 1. The number of hydrazine groups is 1. The molecule has 4 atom stereocenters. The first kappa shape index (κ1) is 18.8. The van der Waals surface area contributed by atoms with Crippen molar-refractivity contribution in [3.8, 4) is 11.5 Å². The lowest BCUT2D eigenvalue weighted by Gasteiger charge is -2.33. The van der Waals surface area contributed by atoms with E-state index in [1.165, 1.54) is 0 Å². The van der Waals surface area contributed by atoms with Gasteiger partial charge in [0.05, 0.1) is 6.04 Å². The van der Waals surface area contributed by atoms with Crippen LogP contribution in [0, 0.1) is 5.92 Å². The van der Waals surface area contributed by atoms with Crippen LogP contribution < -0.4 is 25.6 Å². The number of para-hydroxylation sites is 1. The second kappa shape index (κ2) is 7.83. The second-order valence-corrected chi connectivity index (χ2v) is 7.59. The third-order valence-electron chi connectivity index (χ3n) is 6.14. The first-order chi connectivity index (χ1) is 12.8. The number of nitrogens with one attached hydrogen (secondary N) is 3. The van der Waals surface area contributed by atoms with Crippen LogP contribution in [0.5, 0.6) is 11.5 Å². The lowest BCUT2D eigenvalue weighted by molar-refractivity contribution is -0.135. The van der Waals surface area contributed by atoms with Gasteiger partial charge in [0, 0.05) is 30.6 Å². The largest absolute Gasteiger partial charge is 0.486 e. The van der Waals surface area contributed by atoms with Gasteiger partial charge < -0.3 is 19.7 Å². The van der Waals surface area contributed by atoms with Gasteiger partial charge in [-0.1, -0.05) is 12.1 Å². The first-order valence-electron chi connectivity index (χ1n) is 9.73. The monoisotopic (exact) mass is 394 g/mol. The first-order valence-corrected chi connectivity index (χ1v) is 9.73. The minimum atomic E-state index is -0.162. The number of carbonyl (C=O) groups is 1. The Hall–Kier alpha value is -1.54. The predicted octanol–water partition coefficient (Wildman–Crippen LogP) is 0.998. The molecule has 0 bridgehead atoms. The van der Waals surface area contributed by atoms with Crippen molar-refractivity contribution >= 4 is 18.3 Å². The Labute approximate surface area is 165 Å². The maximum atomic E-state index is 13.4. The van der Waals surface area contributed by atoms with E-state index in [2.05, 4.69) is 22.2 Å². The molecule has 0 radical (unpaired) electrons. The number of hydrogen-bond donors (Lipinski definition) is 3. The molecule has 7 nitrogen and oxygen atoms in total. The van der Waals surface area contributed by atoms with Crippen molar-refractivity contribution in [1.82, 2.24) is 21.1 Å². The van der Waals surface area contributed by atoms with E-state index in [0.29, 0.717) is 25.2 Å². The van der Waals surface area contributed by atoms with Crippen molar-refractivity contribution in [3.63, 3.8) is 0 Å². The highest BCUT2D eigenvalue weighted by molar-refractivity contribution is 5.85. The van der Waals surface area contributed by atoms with Crippen molar-refractivity contribution in [2.75, 3.05) is 32.8 Å². The summed E-state index contributed by atoms with van der Waals surface area (Å²) in [6.07, 6.45) is 3.05. The highest BCUT2D eigenvalue weighted by Crippen LogP contribution is 2.43. The molecule has 1 aromatic rings. The molecule has 5 rings (SSSR count). The van der Waals surface area contributed by atoms with Crippen LogP contribution in [0.25, 0.3) is 0 Å². The molecule has 1 aromatic carbocycles. The lowest BCUT2D eigenvalue weighted by atomic mass is 9.88. The summed E-state index contributed by atoms with van der Waals surface area (Å²) in [4.78, 5) is 15.4. The molecule has 3 N–H and O–H groups in total. The van der Waals surface area contributed by atoms with Gasteiger partial charge in [0.1, 0.15) is 19.3 Å². The highest BCUT2D eigenvalue weighted by atomic mass is 35.5. The Morgan fingerprint density at radius 2 is 2.04 bits per heavy atom. The standard InChI is InChI=1S/C19H26N4O3.ClH/c24-19(17-13-11-20-7-6-14(13)21-22-17)23-8-2-4-15(23)12-3-1-5-16-18(12)26-10-9-25-16;/h1,3,5,13-15,17,20-22H,2,4,6-11H2;1H. The van der Waals surface area contributed by atoms with Crippen molar-refractivity contribution in [2.45, 2.75) is 37.4 Å². The summed E-state index contributed by atoms with van der Waals surface area (Å²) >= 11 is 0. The molecule has 8 heteroatoms. The number of likely N-dealkylation sites (tertiary alicyclic amines) is 1. The van der Waals surface area contributed by atoms with Crippen LogP contribution in [0.2, 0.25) is 0 Å². The van der Waals surface area contributed by atoms with E-state index in [4.69, 9.17) is 9.47 Å². The molecule has 27 heavy (non-hydrogen) atoms. The van der Waals surface area contributed by atoms with Crippen LogP contribution in [-0.2, 0) is 4.79 Å². The van der Waals surface area contributed by atoms with Crippen molar-refractivity contribution in [3.05, 3.63) is 23.8 Å². The lowest BCUT2D eigenvalue weighted by Crippen LogP contribution is -2.50. The third kappa shape index (κ3) is 3.27. The van der Waals surface area contributed by atoms with Crippen LogP contribution in [0.4, 0.5) is 0 Å². The van der Waals surface area contributed by atoms with Crippen LogP contribution in [0.15, 0.2) is 18.2 Å². The van der Waals surface area contributed by atoms with E-state index in [-0.39, 0.29) is 30.4 Å². The Balaban J connectivity index is 0.00000180. The van der Waals surface area contributed by atoms with Crippen molar-refractivity contribution < 1.29 is 14.3 Å². The summed E-state index contributed by atoms with van der Waals surface area (Å²) in [6.45, 7) is 3.84. The normalized spacial score (nSPS) is 31.9. The summed E-state index contributed by atoms with van der Waals surface area (Å²) in [6, 6.07) is 6.31. The fourth-order valence-corrected chi connectivity index (χ4v) is 4.85.